The van der Waals surface area contributed by atoms with E-state index in [0.717, 1.165) is 0 Å². The molecule has 0 bridgehead atoms. The number of halogens is 1. The maximum absolute atomic E-state index is 12.2. The van der Waals surface area contributed by atoms with E-state index in [1.807, 2.05) is 18.2 Å². The second kappa shape index (κ2) is 7.42. The highest BCUT2D eigenvalue weighted by atomic mass is 35.5. The number of anilines is 1. The van der Waals surface area contributed by atoms with Gasteiger partial charge in [0.25, 0.3) is 5.69 Å². The smallest absolute Gasteiger partial charge is 0.270 e. The molecule has 8 heteroatoms. The molecule has 1 N–H and O–H groups in total. The average molecular weight is 374 g/mol. The van der Waals surface area contributed by atoms with Crippen LogP contribution in [0.15, 0.2) is 60.0 Å². The second-order valence-corrected chi connectivity index (χ2v) is 6.40. The number of nitrogens with one attached hydrogen (secondary N) is 1. The summed E-state index contributed by atoms with van der Waals surface area (Å²) in [5.41, 5.74) is 1.84. The number of alkyl halides is 1. The first-order valence-electron chi connectivity index (χ1n) is 7.25. The Kier molecular flexibility index (Phi) is 5.06. The fourth-order valence-electron chi connectivity index (χ4n) is 2.18. The van der Waals surface area contributed by atoms with Crippen molar-refractivity contribution >= 4 is 39.7 Å². The zero-order valence-electron chi connectivity index (χ0n) is 12.8. The second-order valence-electron chi connectivity index (χ2n) is 5.11. The van der Waals surface area contributed by atoms with Gasteiger partial charge in [-0.3, -0.25) is 14.9 Å². The monoisotopic (exact) mass is 373 g/mol. The quantitative estimate of drug-likeness (QED) is 0.401. The summed E-state index contributed by atoms with van der Waals surface area (Å²) in [6.07, 6.45) is 0. The molecule has 1 amide bonds. The van der Waals surface area contributed by atoms with Crippen LogP contribution in [0.3, 0.4) is 0 Å². The Hall–Kier alpha value is -2.77. The molecule has 1 unspecified atom stereocenters. The van der Waals surface area contributed by atoms with Gasteiger partial charge in [0.05, 0.1) is 10.6 Å². The van der Waals surface area contributed by atoms with Gasteiger partial charge in [-0.05, 0) is 5.56 Å². The van der Waals surface area contributed by atoms with Crippen LogP contribution >= 0.6 is 22.9 Å². The molecule has 3 aromatic rings. The van der Waals surface area contributed by atoms with Crippen molar-refractivity contribution in [3.8, 4) is 11.3 Å². The molecule has 0 aliphatic carbocycles. The third-order valence-corrected chi connectivity index (χ3v) is 4.62. The number of carbonyl (C=O) groups excluding carboxylic acids is 1. The topological polar surface area (TPSA) is 85.1 Å². The van der Waals surface area contributed by atoms with E-state index in [1.165, 1.54) is 23.5 Å². The zero-order chi connectivity index (χ0) is 17.8. The van der Waals surface area contributed by atoms with Crippen LogP contribution in [0.1, 0.15) is 10.9 Å². The van der Waals surface area contributed by atoms with Gasteiger partial charge in [-0.2, -0.15) is 0 Å². The number of aromatic nitrogens is 1. The summed E-state index contributed by atoms with van der Waals surface area (Å²) in [7, 11) is 0. The lowest BCUT2D eigenvalue weighted by molar-refractivity contribution is -0.384. The zero-order valence-corrected chi connectivity index (χ0v) is 14.3. The number of amides is 1. The number of nitrogens with zero attached hydrogens (tertiary/aromatic N) is 2. The molecular formula is C17H12ClN3O3S. The fourth-order valence-corrected chi connectivity index (χ4v) is 3.11. The van der Waals surface area contributed by atoms with Gasteiger partial charge in [0.1, 0.15) is 5.38 Å². The molecule has 3 rings (SSSR count). The molecule has 0 radical (unpaired) electrons. The van der Waals surface area contributed by atoms with Crippen molar-refractivity contribution in [1.29, 1.82) is 0 Å². The van der Waals surface area contributed by atoms with Crippen molar-refractivity contribution in [2.75, 3.05) is 5.32 Å². The van der Waals surface area contributed by atoms with Crippen molar-refractivity contribution in [1.82, 2.24) is 4.98 Å². The van der Waals surface area contributed by atoms with Crippen molar-refractivity contribution < 1.29 is 9.72 Å². The summed E-state index contributed by atoms with van der Waals surface area (Å²) in [6, 6.07) is 15.2. The summed E-state index contributed by atoms with van der Waals surface area (Å²) in [5.74, 6) is -0.382. The van der Waals surface area contributed by atoms with Gasteiger partial charge in [-0.15, -0.1) is 22.9 Å². The van der Waals surface area contributed by atoms with Crippen LogP contribution in [0, 0.1) is 10.1 Å². The lowest BCUT2D eigenvalue weighted by Crippen LogP contribution is -2.17. The van der Waals surface area contributed by atoms with Crippen LogP contribution < -0.4 is 5.32 Å². The number of nitro benzene ring substituents is 1. The normalized spacial score (nSPS) is 11.7. The van der Waals surface area contributed by atoms with E-state index in [2.05, 4.69) is 10.3 Å². The van der Waals surface area contributed by atoms with E-state index in [-0.39, 0.29) is 11.6 Å². The number of non-ortho nitro benzene ring substituents is 1. The van der Waals surface area contributed by atoms with Crippen LogP contribution in [0.25, 0.3) is 11.3 Å². The van der Waals surface area contributed by atoms with Crippen molar-refractivity contribution in [2.24, 2.45) is 0 Å². The van der Waals surface area contributed by atoms with Gasteiger partial charge in [-0.1, -0.05) is 42.5 Å². The molecule has 6 nitrogen and oxygen atoms in total. The molecule has 126 valence electrons. The molecule has 0 aliphatic rings. The highest BCUT2D eigenvalue weighted by Gasteiger charge is 2.19. The molecule has 1 heterocycles. The minimum atomic E-state index is -0.827. The van der Waals surface area contributed by atoms with Crippen molar-refractivity contribution in [3.63, 3.8) is 0 Å². The van der Waals surface area contributed by atoms with Gasteiger partial charge in [0, 0.05) is 23.1 Å². The molecule has 0 saturated carbocycles. The van der Waals surface area contributed by atoms with Crippen LogP contribution in [0.2, 0.25) is 0 Å². The summed E-state index contributed by atoms with van der Waals surface area (Å²) >= 11 is 7.40. The number of benzene rings is 2. The van der Waals surface area contributed by atoms with E-state index in [4.69, 9.17) is 11.6 Å². The highest BCUT2D eigenvalue weighted by molar-refractivity contribution is 7.14. The van der Waals surface area contributed by atoms with Crippen LogP contribution in [0.5, 0.6) is 0 Å². The van der Waals surface area contributed by atoms with Gasteiger partial charge in [0.2, 0.25) is 5.91 Å². The Morgan fingerprint density at radius 1 is 1.20 bits per heavy atom. The lowest BCUT2D eigenvalue weighted by atomic mass is 10.1. The molecule has 25 heavy (non-hydrogen) atoms. The lowest BCUT2D eigenvalue weighted by Gasteiger charge is -2.08. The molecule has 1 atom stereocenters. The highest BCUT2D eigenvalue weighted by Crippen LogP contribution is 2.29. The number of thiazole rings is 1. The van der Waals surface area contributed by atoms with Gasteiger partial charge < -0.3 is 5.32 Å². The molecule has 0 saturated heterocycles. The number of nitro groups is 1. The Labute approximate surface area is 152 Å². The summed E-state index contributed by atoms with van der Waals surface area (Å²) < 4.78 is 0. The van der Waals surface area contributed by atoms with Crippen LogP contribution in [0.4, 0.5) is 10.8 Å². The Morgan fingerprint density at radius 2 is 1.96 bits per heavy atom. The van der Waals surface area contributed by atoms with E-state index in [1.54, 1.807) is 29.6 Å². The summed E-state index contributed by atoms with van der Waals surface area (Å²) in [6.45, 7) is 0. The first kappa shape index (κ1) is 17.1. The molecule has 0 fully saturated rings. The van der Waals surface area contributed by atoms with E-state index in [0.29, 0.717) is 22.0 Å². The van der Waals surface area contributed by atoms with Crippen molar-refractivity contribution in [3.05, 3.63) is 75.7 Å². The molecule has 1 aromatic heterocycles. The van der Waals surface area contributed by atoms with Crippen molar-refractivity contribution in [2.45, 2.75) is 5.38 Å². The Balaban J connectivity index is 1.75. The van der Waals surface area contributed by atoms with E-state index < -0.39 is 10.3 Å². The van der Waals surface area contributed by atoms with E-state index in [9.17, 15) is 14.9 Å². The third-order valence-electron chi connectivity index (χ3n) is 3.41. The third kappa shape index (κ3) is 4.01. The van der Waals surface area contributed by atoms with Crippen LogP contribution in [-0.4, -0.2) is 15.8 Å². The first-order chi connectivity index (χ1) is 12.0. The largest absolute Gasteiger partial charge is 0.300 e. The minimum absolute atomic E-state index is 0.0130. The number of rotatable bonds is 5. The molecule has 0 aliphatic heterocycles. The summed E-state index contributed by atoms with van der Waals surface area (Å²) in [4.78, 5) is 26.9. The first-order valence-corrected chi connectivity index (χ1v) is 8.56. The minimum Gasteiger partial charge on any atom is -0.300 e. The maximum atomic E-state index is 12.2. The summed E-state index contributed by atoms with van der Waals surface area (Å²) in [5, 5.41) is 14.8. The maximum Gasteiger partial charge on any atom is 0.270 e. The number of hydrogen-bond acceptors (Lipinski definition) is 5. The fraction of sp³-hybridized carbons (Fsp3) is 0.0588. The Bertz CT molecular complexity index is 914. The van der Waals surface area contributed by atoms with E-state index >= 15 is 0 Å². The predicted octanol–water partition coefficient (Wildman–Crippen LogP) is 4.64. The van der Waals surface area contributed by atoms with Gasteiger partial charge >= 0.3 is 0 Å². The standard InChI is InChI=1S/C17H12ClN3O3S/c18-15(11-5-2-1-3-6-11)16(22)20-17-19-14(10-25-17)12-7-4-8-13(9-12)21(23)24/h1-10,15H,(H,19,20,22). The molecule has 2 aromatic carbocycles. The number of hydrogen-bond donors (Lipinski definition) is 1. The predicted molar refractivity (Wildman–Crippen MR) is 97.9 cm³/mol. The Morgan fingerprint density at radius 3 is 2.68 bits per heavy atom. The molecule has 0 spiro atoms. The van der Waals surface area contributed by atoms with Gasteiger partial charge in [0.15, 0.2) is 5.13 Å². The average Bonchev–Trinajstić information content (AvgIpc) is 3.10. The SMILES string of the molecule is O=C(Nc1nc(-c2cccc([N+](=O)[O-])c2)cs1)C(Cl)c1ccccc1. The molecular weight excluding hydrogens is 362 g/mol. The van der Waals surface area contributed by atoms with Gasteiger partial charge in [-0.25, -0.2) is 4.98 Å². The van der Waals surface area contributed by atoms with Crippen LogP contribution in [-0.2, 0) is 4.79 Å². The number of carbonyl (C=O) groups is 1.